The molecule has 186 valence electrons. The predicted molar refractivity (Wildman–Crippen MR) is 139 cm³/mol. The molecule has 0 aliphatic heterocycles. The van der Waals surface area contributed by atoms with E-state index in [1.807, 2.05) is 32.9 Å². The van der Waals surface area contributed by atoms with Gasteiger partial charge in [-0.25, -0.2) is 19.2 Å². The zero-order valence-corrected chi connectivity index (χ0v) is 21.6. The molecule has 2 aromatic carbocycles. The lowest BCUT2D eigenvalue weighted by molar-refractivity contribution is 0.0297. The van der Waals surface area contributed by atoms with E-state index in [-0.39, 0.29) is 17.8 Å². The van der Waals surface area contributed by atoms with E-state index in [0.717, 1.165) is 17.3 Å². The standard InChI is InChI=1S/C26H25BrFN5O3/c1-26(2,3)36-25(34)33-17-8-9-20(17)35-21-12-14(27)11-19-22(21)24(31-13-30-19)32-18-7-6-16-15(23(18)28)5-4-10-29-16/h4-7,10-13,17,20H,8-9H2,1-3H3,(H,33,34)(H,30,31,32). The fraction of sp³-hybridized carbons (Fsp3) is 0.308. The molecule has 10 heteroatoms. The number of benzene rings is 2. The summed E-state index contributed by atoms with van der Waals surface area (Å²) in [5.74, 6) is 0.499. The molecule has 2 unspecified atom stereocenters. The fourth-order valence-corrected chi connectivity index (χ4v) is 4.47. The lowest BCUT2D eigenvalue weighted by Crippen LogP contribution is -2.53. The zero-order valence-electron chi connectivity index (χ0n) is 20.0. The van der Waals surface area contributed by atoms with Crippen molar-refractivity contribution in [1.29, 1.82) is 0 Å². The Morgan fingerprint density at radius 1 is 1.11 bits per heavy atom. The van der Waals surface area contributed by atoms with Crippen LogP contribution in [0.5, 0.6) is 5.75 Å². The number of nitrogens with zero attached hydrogens (tertiary/aromatic N) is 3. The minimum Gasteiger partial charge on any atom is -0.487 e. The maximum absolute atomic E-state index is 15.2. The minimum atomic E-state index is -0.587. The van der Waals surface area contributed by atoms with Gasteiger partial charge in [-0.2, -0.15) is 0 Å². The third-order valence-electron chi connectivity index (χ3n) is 5.83. The normalized spacial score (nSPS) is 17.5. The largest absolute Gasteiger partial charge is 0.487 e. The number of rotatable bonds is 5. The zero-order chi connectivity index (χ0) is 25.4. The highest BCUT2D eigenvalue weighted by molar-refractivity contribution is 9.10. The predicted octanol–water partition coefficient (Wildman–Crippen LogP) is 6.26. The highest BCUT2D eigenvalue weighted by Crippen LogP contribution is 2.38. The maximum Gasteiger partial charge on any atom is 0.408 e. The Bertz CT molecular complexity index is 1460. The lowest BCUT2D eigenvalue weighted by atomic mass is 9.89. The number of alkyl carbamates (subject to hydrolysis) is 1. The molecule has 0 saturated heterocycles. The first-order valence-corrected chi connectivity index (χ1v) is 12.4. The van der Waals surface area contributed by atoms with Gasteiger partial charge in [0.25, 0.3) is 0 Å². The third kappa shape index (κ3) is 5.04. The highest BCUT2D eigenvalue weighted by Gasteiger charge is 2.36. The van der Waals surface area contributed by atoms with Crippen molar-refractivity contribution < 1.29 is 18.7 Å². The van der Waals surface area contributed by atoms with E-state index in [2.05, 4.69) is 41.5 Å². The fourth-order valence-electron chi connectivity index (χ4n) is 4.05. The SMILES string of the molecule is CC(C)(C)OC(=O)NC1CCC1Oc1cc(Br)cc2ncnc(Nc3ccc4ncccc4c3F)c12. The number of hydrogen-bond acceptors (Lipinski definition) is 7. The van der Waals surface area contributed by atoms with Gasteiger partial charge in [0.2, 0.25) is 0 Å². The maximum atomic E-state index is 15.2. The second kappa shape index (κ2) is 9.50. The summed E-state index contributed by atoms with van der Waals surface area (Å²) in [7, 11) is 0. The number of fused-ring (bicyclic) bond motifs is 2. The molecule has 1 aliphatic carbocycles. The number of amides is 1. The van der Waals surface area contributed by atoms with Gasteiger partial charge >= 0.3 is 6.09 Å². The summed E-state index contributed by atoms with van der Waals surface area (Å²) in [5.41, 5.74) is 0.860. The smallest absolute Gasteiger partial charge is 0.408 e. The van der Waals surface area contributed by atoms with Crippen molar-refractivity contribution in [2.75, 3.05) is 5.32 Å². The molecule has 1 amide bonds. The highest BCUT2D eigenvalue weighted by atomic mass is 79.9. The second-order valence-corrected chi connectivity index (χ2v) is 10.5. The third-order valence-corrected chi connectivity index (χ3v) is 6.29. The monoisotopic (exact) mass is 553 g/mol. The Hall–Kier alpha value is -3.53. The molecule has 4 aromatic rings. The number of carbonyl (C=O) groups excluding carboxylic acids is 1. The second-order valence-electron chi connectivity index (χ2n) is 9.63. The van der Waals surface area contributed by atoms with Gasteiger partial charge in [0, 0.05) is 16.1 Å². The Morgan fingerprint density at radius 2 is 1.94 bits per heavy atom. The summed E-state index contributed by atoms with van der Waals surface area (Å²) in [6.45, 7) is 5.45. The molecule has 1 aliphatic rings. The molecule has 2 heterocycles. The molecule has 2 atom stereocenters. The molecule has 8 nitrogen and oxygen atoms in total. The van der Waals surface area contributed by atoms with Crippen LogP contribution in [-0.2, 0) is 4.74 Å². The number of nitrogens with one attached hydrogen (secondary N) is 2. The van der Waals surface area contributed by atoms with Crippen LogP contribution in [-0.4, -0.2) is 38.8 Å². The molecule has 36 heavy (non-hydrogen) atoms. The van der Waals surface area contributed by atoms with Gasteiger partial charge in [-0.15, -0.1) is 0 Å². The van der Waals surface area contributed by atoms with Crippen LogP contribution in [0.15, 0.2) is 53.4 Å². The van der Waals surface area contributed by atoms with E-state index in [4.69, 9.17) is 9.47 Å². The van der Waals surface area contributed by atoms with Crippen molar-refractivity contribution in [3.63, 3.8) is 0 Å². The molecule has 2 N–H and O–H groups in total. The van der Waals surface area contributed by atoms with Crippen molar-refractivity contribution in [2.45, 2.75) is 51.4 Å². The van der Waals surface area contributed by atoms with Crippen LogP contribution in [0.1, 0.15) is 33.6 Å². The van der Waals surface area contributed by atoms with Gasteiger partial charge in [-0.05, 0) is 70.0 Å². The average Bonchev–Trinajstić information content (AvgIpc) is 2.81. The van der Waals surface area contributed by atoms with Crippen molar-refractivity contribution in [2.24, 2.45) is 0 Å². The van der Waals surface area contributed by atoms with Crippen molar-refractivity contribution in [3.05, 3.63) is 59.2 Å². The summed E-state index contributed by atoms with van der Waals surface area (Å²) in [5, 5.41) is 7.01. The summed E-state index contributed by atoms with van der Waals surface area (Å²) in [4.78, 5) is 25.2. The number of hydrogen-bond donors (Lipinski definition) is 2. The number of ether oxygens (including phenoxy) is 2. The van der Waals surface area contributed by atoms with Crippen molar-refractivity contribution in [3.8, 4) is 5.75 Å². The number of halogens is 2. The van der Waals surface area contributed by atoms with Gasteiger partial charge in [-0.1, -0.05) is 15.9 Å². The van der Waals surface area contributed by atoms with E-state index >= 15 is 4.39 Å². The summed E-state index contributed by atoms with van der Waals surface area (Å²) in [6, 6.07) is 10.2. The van der Waals surface area contributed by atoms with E-state index in [0.29, 0.717) is 33.4 Å². The molecule has 0 radical (unpaired) electrons. The summed E-state index contributed by atoms with van der Waals surface area (Å²) in [6.07, 6.45) is 3.83. The van der Waals surface area contributed by atoms with E-state index in [1.165, 1.54) is 6.33 Å². The molecule has 0 bridgehead atoms. The topological polar surface area (TPSA) is 98.3 Å². The van der Waals surface area contributed by atoms with Gasteiger partial charge in [0.15, 0.2) is 5.82 Å². The van der Waals surface area contributed by atoms with E-state index < -0.39 is 17.5 Å². The van der Waals surface area contributed by atoms with Crippen LogP contribution in [0.4, 0.5) is 20.7 Å². The van der Waals surface area contributed by atoms with Crippen LogP contribution in [0, 0.1) is 5.82 Å². The molecule has 0 spiro atoms. The molecular weight excluding hydrogens is 529 g/mol. The molecule has 5 rings (SSSR count). The first kappa shape index (κ1) is 24.2. The van der Waals surface area contributed by atoms with Crippen LogP contribution in [0.25, 0.3) is 21.8 Å². The Balaban J connectivity index is 1.44. The Kier molecular flexibility index (Phi) is 6.38. The van der Waals surface area contributed by atoms with Crippen molar-refractivity contribution >= 4 is 55.3 Å². The van der Waals surface area contributed by atoms with Gasteiger partial charge in [-0.3, -0.25) is 4.98 Å². The number of carbonyl (C=O) groups is 1. The van der Waals surface area contributed by atoms with Crippen LogP contribution in [0.2, 0.25) is 0 Å². The molecule has 2 aromatic heterocycles. The van der Waals surface area contributed by atoms with E-state index in [9.17, 15) is 4.79 Å². The van der Waals surface area contributed by atoms with Crippen LogP contribution in [0.3, 0.4) is 0 Å². The lowest BCUT2D eigenvalue weighted by Gasteiger charge is -2.37. The van der Waals surface area contributed by atoms with Gasteiger partial charge < -0.3 is 20.1 Å². The Labute approximate surface area is 215 Å². The van der Waals surface area contributed by atoms with Gasteiger partial charge in [0.05, 0.1) is 28.1 Å². The minimum absolute atomic E-state index is 0.194. The van der Waals surface area contributed by atoms with Crippen LogP contribution >= 0.6 is 15.9 Å². The van der Waals surface area contributed by atoms with Gasteiger partial charge in [0.1, 0.15) is 29.6 Å². The first-order valence-electron chi connectivity index (χ1n) is 11.6. The average molecular weight is 554 g/mol. The molecular formula is C26H25BrFN5O3. The Morgan fingerprint density at radius 3 is 2.69 bits per heavy atom. The quantitative estimate of drug-likeness (QED) is 0.301. The first-order chi connectivity index (χ1) is 17.2. The summed E-state index contributed by atoms with van der Waals surface area (Å²) >= 11 is 3.51. The molecule has 1 saturated carbocycles. The van der Waals surface area contributed by atoms with Crippen molar-refractivity contribution in [1.82, 2.24) is 20.3 Å². The van der Waals surface area contributed by atoms with E-state index in [1.54, 1.807) is 30.5 Å². The number of pyridine rings is 1. The number of aromatic nitrogens is 3. The summed E-state index contributed by atoms with van der Waals surface area (Å²) < 4.78 is 27.7. The molecule has 1 fully saturated rings. The van der Waals surface area contributed by atoms with Crippen LogP contribution < -0.4 is 15.4 Å². The number of anilines is 2.